The molecule has 0 bridgehead atoms. The van der Waals surface area contributed by atoms with Gasteiger partial charge in [-0.05, 0) is 31.0 Å². The molecule has 0 amide bonds. The van der Waals surface area contributed by atoms with Gasteiger partial charge in [-0.2, -0.15) is 4.98 Å². The smallest absolute Gasteiger partial charge is 0.234 e. The summed E-state index contributed by atoms with van der Waals surface area (Å²) in [5.41, 5.74) is 13.1. The van der Waals surface area contributed by atoms with Crippen molar-refractivity contribution in [1.82, 2.24) is 15.0 Å². The molecular weight excluding hydrogens is 376 g/mol. The van der Waals surface area contributed by atoms with E-state index in [1.54, 1.807) is 24.0 Å². The summed E-state index contributed by atoms with van der Waals surface area (Å²) in [5, 5.41) is 0.545. The Hall–Kier alpha value is -2.68. The molecule has 0 unspecified atom stereocenters. The number of carbonyl (C=O) groups excluding carboxylic acids is 1. The summed E-state index contributed by atoms with van der Waals surface area (Å²) in [7, 11) is 1.46. The third-order valence-corrected chi connectivity index (χ3v) is 5.50. The topological polar surface area (TPSA) is 129 Å². The van der Waals surface area contributed by atoms with Crippen LogP contribution in [0.3, 0.4) is 0 Å². The Morgan fingerprint density at radius 2 is 2.04 bits per heavy atom. The third kappa shape index (κ3) is 4.24. The van der Waals surface area contributed by atoms with E-state index in [0.717, 1.165) is 17.7 Å². The standard InChI is InChI=1S/C19H24N6O2S/c1-18(2)10-19(3,25-17(21)28-18)13-8-11(5-6-22-13)7-12(26)15-16(20)24-14(27-4)9-23-15/h5-6,8-9H,7,10H2,1-4H3,(H2,20,24)(H2,21,25)/t19-/m0/s1. The van der Waals surface area contributed by atoms with Crippen molar-refractivity contribution in [2.24, 2.45) is 10.7 Å². The first kappa shape index (κ1) is 20.1. The number of nitrogen functional groups attached to an aromatic ring is 1. The van der Waals surface area contributed by atoms with E-state index < -0.39 is 5.54 Å². The zero-order valence-corrected chi connectivity index (χ0v) is 17.2. The van der Waals surface area contributed by atoms with Gasteiger partial charge in [0.25, 0.3) is 0 Å². The maximum atomic E-state index is 12.7. The van der Waals surface area contributed by atoms with Crippen molar-refractivity contribution in [3.63, 3.8) is 0 Å². The number of pyridine rings is 1. The molecule has 0 saturated carbocycles. The Bertz CT molecular complexity index is 946. The molecule has 0 spiro atoms. The fraction of sp³-hybridized carbons (Fsp3) is 0.421. The van der Waals surface area contributed by atoms with Crippen LogP contribution in [0.1, 0.15) is 48.9 Å². The predicted octanol–water partition coefficient (Wildman–Crippen LogP) is 2.33. The summed E-state index contributed by atoms with van der Waals surface area (Å²) < 4.78 is 4.92. The average Bonchev–Trinajstić information content (AvgIpc) is 2.59. The number of amidine groups is 1. The van der Waals surface area contributed by atoms with Gasteiger partial charge in [0.05, 0.1) is 19.0 Å². The van der Waals surface area contributed by atoms with Crippen LogP contribution in [0, 0.1) is 0 Å². The number of carbonyl (C=O) groups is 1. The molecule has 2 aromatic heterocycles. The number of nitrogens with zero attached hydrogens (tertiary/aromatic N) is 4. The minimum absolute atomic E-state index is 0.0500. The monoisotopic (exact) mass is 400 g/mol. The molecule has 9 heteroatoms. The van der Waals surface area contributed by atoms with E-state index in [4.69, 9.17) is 16.2 Å². The lowest BCUT2D eigenvalue weighted by atomic mass is 9.86. The Morgan fingerprint density at radius 3 is 2.68 bits per heavy atom. The lowest BCUT2D eigenvalue weighted by Crippen LogP contribution is -2.38. The van der Waals surface area contributed by atoms with Crippen LogP contribution >= 0.6 is 11.8 Å². The number of rotatable bonds is 5. The minimum Gasteiger partial charge on any atom is -0.480 e. The van der Waals surface area contributed by atoms with Crippen molar-refractivity contribution in [2.45, 2.75) is 43.9 Å². The van der Waals surface area contributed by atoms with Crippen LogP contribution in [0.5, 0.6) is 5.88 Å². The van der Waals surface area contributed by atoms with E-state index in [9.17, 15) is 4.79 Å². The molecule has 0 fully saturated rings. The molecule has 4 N–H and O–H groups in total. The first-order valence-corrected chi connectivity index (χ1v) is 9.63. The van der Waals surface area contributed by atoms with Crippen molar-refractivity contribution in [2.75, 3.05) is 12.8 Å². The van der Waals surface area contributed by atoms with E-state index in [0.29, 0.717) is 5.17 Å². The highest BCUT2D eigenvalue weighted by Gasteiger charge is 2.40. The molecule has 1 aliphatic rings. The first-order chi connectivity index (χ1) is 13.1. The molecule has 1 aliphatic heterocycles. The number of methoxy groups -OCH3 is 1. The third-order valence-electron chi connectivity index (χ3n) is 4.50. The van der Waals surface area contributed by atoms with Gasteiger partial charge in [0.15, 0.2) is 16.8 Å². The first-order valence-electron chi connectivity index (χ1n) is 8.81. The zero-order chi connectivity index (χ0) is 20.5. The Morgan fingerprint density at radius 1 is 1.29 bits per heavy atom. The van der Waals surface area contributed by atoms with Gasteiger partial charge < -0.3 is 16.2 Å². The Balaban J connectivity index is 1.86. The number of ether oxygens (including phenoxy) is 1. The number of thioether (sulfide) groups is 1. The summed E-state index contributed by atoms with van der Waals surface area (Å²) in [6, 6.07) is 3.70. The number of aromatic nitrogens is 3. The summed E-state index contributed by atoms with van der Waals surface area (Å²) in [5.74, 6) is 0.0907. The zero-order valence-electron chi connectivity index (χ0n) is 16.4. The van der Waals surface area contributed by atoms with Crippen molar-refractivity contribution >= 4 is 28.5 Å². The largest absolute Gasteiger partial charge is 0.480 e. The van der Waals surface area contributed by atoms with E-state index in [2.05, 4.69) is 33.8 Å². The molecule has 3 rings (SSSR count). The number of anilines is 1. The van der Waals surface area contributed by atoms with Crippen LogP contribution in [0.4, 0.5) is 5.82 Å². The maximum Gasteiger partial charge on any atom is 0.234 e. The molecule has 0 aromatic carbocycles. The fourth-order valence-electron chi connectivity index (χ4n) is 3.45. The highest BCUT2D eigenvalue weighted by Crippen LogP contribution is 2.44. The fourth-order valence-corrected chi connectivity index (χ4v) is 4.62. The van der Waals surface area contributed by atoms with Crippen LogP contribution in [-0.4, -0.2) is 37.8 Å². The number of Topliss-reactive ketones (excluding diaryl/α,β-unsaturated/α-hetero) is 1. The SMILES string of the molecule is COc1cnc(C(=O)Cc2ccnc([C@]3(C)CC(C)(C)SC(N)=N3)c2)c(N)n1. The van der Waals surface area contributed by atoms with Gasteiger partial charge in [-0.15, -0.1) is 0 Å². The number of aliphatic imine (C=N–C) groups is 1. The van der Waals surface area contributed by atoms with E-state index in [1.807, 2.05) is 13.0 Å². The van der Waals surface area contributed by atoms with Gasteiger partial charge >= 0.3 is 0 Å². The highest BCUT2D eigenvalue weighted by molar-refractivity contribution is 8.15. The molecule has 3 heterocycles. The van der Waals surface area contributed by atoms with Crippen molar-refractivity contribution in [3.8, 4) is 5.88 Å². The van der Waals surface area contributed by atoms with Crippen LogP contribution in [0.15, 0.2) is 29.5 Å². The maximum absolute atomic E-state index is 12.7. The van der Waals surface area contributed by atoms with Gasteiger partial charge in [0.2, 0.25) is 5.88 Å². The average molecular weight is 401 g/mol. The van der Waals surface area contributed by atoms with Crippen LogP contribution in [-0.2, 0) is 12.0 Å². The van der Waals surface area contributed by atoms with Crippen LogP contribution in [0.25, 0.3) is 0 Å². The molecule has 0 aliphatic carbocycles. The highest BCUT2D eigenvalue weighted by atomic mass is 32.2. The van der Waals surface area contributed by atoms with Gasteiger partial charge in [0.1, 0.15) is 11.2 Å². The molecule has 0 radical (unpaired) electrons. The normalized spacial score (nSPS) is 21.1. The minimum atomic E-state index is -0.545. The molecule has 8 nitrogen and oxygen atoms in total. The van der Waals surface area contributed by atoms with Crippen LogP contribution < -0.4 is 16.2 Å². The van der Waals surface area contributed by atoms with Gasteiger partial charge in [-0.1, -0.05) is 25.6 Å². The second kappa shape index (κ2) is 7.38. The molecule has 28 heavy (non-hydrogen) atoms. The van der Waals surface area contributed by atoms with Gasteiger partial charge in [-0.3, -0.25) is 9.78 Å². The van der Waals surface area contributed by atoms with Gasteiger partial charge in [0, 0.05) is 17.4 Å². The van der Waals surface area contributed by atoms with Crippen LogP contribution in [0.2, 0.25) is 0 Å². The number of ketones is 1. The summed E-state index contributed by atoms with van der Waals surface area (Å²) >= 11 is 1.56. The lowest BCUT2D eigenvalue weighted by Gasteiger charge is -2.38. The predicted molar refractivity (Wildman–Crippen MR) is 111 cm³/mol. The quantitative estimate of drug-likeness (QED) is 0.732. The number of hydrogen-bond acceptors (Lipinski definition) is 9. The number of hydrogen-bond donors (Lipinski definition) is 2. The Labute approximate surface area is 168 Å². The molecular formula is C19H24N6O2S. The molecule has 148 valence electrons. The lowest BCUT2D eigenvalue weighted by molar-refractivity contribution is 0.0988. The summed E-state index contributed by atoms with van der Waals surface area (Å²) in [4.78, 5) is 29.9. The summed E-state index contributed by atoms with van der Waals surface area (Å²) in [6.07, 6.45) is 3.98. The van der Waals surface area contributed by atoms with E-state index >= 15 is 0 Å². The van der Waals surface area contributed by atoms with E-state index in [-0.39, 0.29) is 34.3 Å². The molecule has 2 aromatic rings. The van der Waals surface area contributed by atoms with Crippen molar-refractivity contribution in [3.05, 3.63) is 41.5 Å². The number of nitrogens with two attached hydrogens (primary N) is 2. The van der Waals surface area contributed by atoms with E-state index in [1.165, 1.54) is 13.3 Å². The summed E-state index contributed by atoms with van der Waals surface area (Å²) in [6.45, 7) is 6.29. The second-order valence-corrected chi connectivity index (χ2v) is 9.29. The molecule has 1 atom stereocenters. The van der Waals surface area contributed by atoms with Crippen molar-refractivity contribution < 1.29 is 9.53 Å². The van der Waals surface area contributed by atoms with Crippen molar-refractivity contribution in [1.29, 1.82) is 0 Å². The van der Waals surface area contributed by atoms with Gasteiger partial charge in [-0.25, -0.2) is 9.98 Å². The second-order valence-electron chi connectivity index (χ2n) is 7.56. The molecule has 0 saturated heterocycles. The Kier molecular flexibility index (Phi) is 5.29.